The van der Waals surface area contributed by atoms with Crippen LogP contribution < -0.4 is 20.7 Å². The van der Waals surface area contributed by atoms with E-state index in [1.807, 2.05) is 12.1 Å². The number of hydrogen-bond donors (Lipinski definition) is 2. The number of nitrogens with one attached hydrogen (secondary N) is 1. The van der Waals surface area contributed by atoms with Crippen molar-refractivity contribution in [1.29, 1.82) is 0 Å². The van der Waals surface area contributed by atoms with E-state index in [1.54, 1.807) is 6.20 Å². The largest absolute Gasteiger partial charge is 0.493 e. The molecule has 0 bridgehead atoms. The van der Waals surface area contributed by atoms with Crippen LogP contribution in [0, 0.1) is 11.8 Å². The third kappa shape index (κ3) is 7.69. The highest BCUT2D eigenvalue weighted by molar-refractivity contribution is 6.31. The average molecular weight is 769 g/mol. The minimum atomic E-state index is -5.27. The van der Waals surface area contributed by atoms with Gasteiger partial charge in [-0.2, -0.15) is 13.2 Å². The minimum Gasteiger partial charge on any atom is -0.493 e. The van der Waals surface area contributed by atoms with Crippen molar-refractivity contribution in [2.24, 2.45) is 17.6 Å². The summed E-state index contributed by atoms with van der Waals surface area (Å²) in [5, 5.41) is 2.95. The first kappa shape index (κ1) is 39.5. The maximum atomic E-state index is 14.4. The van der Waals surface area contributed by atoms with Crippen LogP contribution in [0.4, 0.5) is 18.9 Å². The van der Waals surface area contributed by atoms with Gasteiger partial charge in [0.1, 0.15) is 11.3 Å². The lowest BCUT2D eigenvalue weighted by molar-refractivity contribution is -0.174. The van der Waals surface area contributed by atoms with E-state index in [0.717, 1.165) is 67.3 Å². The summed E-state index contributed by atoms with van der Waals surface area (Å²) < 4.78 is 54.8. The van der Waals surface area contributed by atoms with Crippen LogP contribution in [0.3, 0.4) is 0 Å². The van der Waals surface area contributed by atoms with Gasteiger partial charge in [0.2, 0.25) is 5.91 Å². The fraction of sp³-hybridized carbons (Fsp3) is 0.512. The maximum absolute atomic E-state index is 14.4. The number of alkyl halides is 3. The van der Waals surface area contributed by atoms with Crippen molar-refractivity contribution < 1.29 is 37.0 Å². The van der Waals surface area contributed by atoms with Crippen LogP contribution in [0.2, 0.25) is 5.02 Å². The van der Waals surface area contributed by atoms with Crippen molar-refractivity contribution in [2.45, 2.75) is 101 Å². The summed E-state index contributed by atoms with van der Waals surface area (Å²) >= 11 is 6.22. The monoisotopic (exact) mass is 768 g/mol. The molecule has 2 aromatic carbocycles. The van der Waals surface area contributed by atoms with Gasteiger partial charge in [-0.05, 0) is 122 Å². The molecular weight excluding hydrogens is 721 g/mol. The van der Waals surface area contributed by atoms with E-state index in [2.05, 4.69) is 36.3 Å². The van der Waals surface area contributed by atoms with E-state index >= 15 is 0 Å². The highest BCUT2D eigenvalue weighted by atomic mass is 35.5. The molecule has 3 atom stereocenters. The number of aryl methyl sites for hydroxylation is 1. The van der Waals surface area contributed by atoms with Crippen LogP contribution in [-0.4, -0.2) is 54.7 Å². The van der Waals surface area contributed by atoms with E-state index in [1.165, 1.54) is 29.8 Å². The Bertz CT molecular complexity index is 1880. The molecule has 290 valence electrons. The molecule has 54 heavy (non-hydrogen) atoms. The zero-order valence-corrected chi connectivity index (χ0v) is 31.7. The fourth-order valence-electron chi connectivity index (χ4n) is 9.29. The van der Waals surface area contributed by atoms with E-state index < -0.39 is 29.0 Å². The zero-order chi connectivity index (χ0) is 38.8. The number of halogens is 4. The lowest BCUT2D eigenvalue weighted by atomic mass is 9.59. The molecule has 3 N–H and O–H groups in total. The number of nitrogens with two attached hydrogens (primary N) is 1. The Balaban J connectivity index is 1.34. The molecule has 0 saturated heterocycles. The number of amides is 2. The van der Waals surface area contributed by atoms with Crippen molar-refractivity contribution in [3.05, 3.63) is 87.7 Å². The highest BCUT2D eigenvalue weighted by Crippen LogP contribution is 2.57. The molecule has 3 aromatic rings. The SMILES string of the molecule is COC(=O)C1(N(C(=O)C(F)(F)F)c2cccc(Cl)c2)CCC2(CC1)c1cc(CNC(=O)CN)ccc1C[C@@H]2C[C@@H](C)COc1ccnc2c1[C@H](C)CCC2. The standard InChI is InChI=1S/C41H48ClF3N4O5/c1-25(24-54-34-12-17-47-33-9-4-6-26(2)36(33)34)18-29-20-28-11-10-27(23-48-35(50)22-46)19-32(28)39(29)13-15-40(16-14-39,38(52)53-3)49(37(51)41(43,44)45)31-8-5-7-30(42)21-31/h5,7-8,10-12,17,19,21,25-26,29H,4,6,9,13-16,18,20,22-24,46H2,1-3H3,(H,48,50)/t25-,26-,29+,39?,40?/m1/s1. The number of ether oxygens (including phenoxy) is 2. The van der Waals surface area contributed by atoms with Crippen LogP contribution in [0.5, 0.6) is 5.75 Å². The highest BCUT2D eigenvalue weighted by Gasteiger charge is 2.60. The first-order valence-corrected chi connectivity index (χ1v) is 19.0. The maximum Gasteiger partial charge on any atom is 0.471 e. The predicted octanol–water partition coefficient (Wildman–Crippen LogP) is 7.35. The van der Waals surface area contributed by atoms with Gasteiger partial charge in [0.15, 0.2) is 0 Å². The number of aromatic nitrogens is 1. The molecule has 0 radical (unpaired) electrons. The van der Waals surface area contributed by atoms with Crippen LogP contribution in [-0.2, 0) is 43.9 Å². The lowest BCUT2D eigenvalue weighted by Gasteiger charge is -2.51. The van der Waals surface area contributed by atoms with Gasteiger partial charge in [0, 0.05) is 34.7 Å². The molecule has 1 fully saturated rings. The van der Waals surface area contributed by atoms with Gasteiger partial charge in [-0.3, -0.25) is 19.5 Å². The second-order valence-electron chi connectivity index (χ2n) is 15.3. The number of esters is 1. The molecule has 0 aliphatic heterocycles. The molecule has 1 heterocycles. The number of anilines is 1. The van der Waals surface area contributed by atoms with Crippen molar-refractivity contribution in [1.82, 2.24) is 10.3 Å². The quantitative estimate of drug-likeness (QED) is 0.196. The predicted molar refractivity (Wildman–Crippen MR) is 199 cm³/mol. The summed E-state index contributed by atoms with van der Waals surface area (Å²) in [6.45, 7) is 4.94. The van der Waals surface area contributed by atoms with Crippen molar-refractivity contribution in [3.63, 3.8) is 0 Å². The second kappa shape index (κ2) is 15.9. The molecule has 1 aromatic heterocycles. The summed E-state index contributed by atoms with van der Waals surface area (Å²) in [5.41, 5.74) is 8.20. The number of carbonyl (C=O) groups is 3. The Morgan fingerprint density at radius 2 is 1.87 bits per heavy atom. The second-order valence-corrected chi connectivity index (χ2v) is 15.7. The van der Waals surface area contributed by atoms with E-state index in [9.17, 15) is 27.6 Å². The number of carbonyl (C=O) groups excluding carboxylic acids is 3. The molecule has 0 unspecified atom stereocenters. The zero-order valence-electron chi connectivity index (χ0n) is 30.9. The van der Waals surface area contributed by atoms with Crippen LogP contribution >= 0.6 is 11.6 Å². The number of fused-ring (bicyclic) bond motifs is 3. The Labute approximate surface area is 319 Å². The number of rotatable bonds is 11. The van der Waals surface area contributed by atoms with Gasteiger partial charge in [-0.25, -0.2) is 4.79 Å². The molecule has 3 aliphatic carbocycles. The lowest BCUT2D eigenvalue weighted by Crippen LogP contribution is -2.63. The number of nitrogens with zero attached hydrogens (tertiary/aromatic N) is 2. The van der Waals surface area contributed by atoms with Crippen LogP contribution in [0.25, 0.3) is 0 Å². The van der Waals surface area contributed by atoms with E-state index in [4.69, 9.17) is 26.8 Å². The van der Waals surface area contributed by atoms with Gasteiger partial charge in [-0.15, -0.1) is 0 Å². The van der Waals surface area contributed by atoms with E-state index in [-0.39, 0.29) is 54.4 Å². The third-order valence-electron chi connectivity index (χ3n) is 11.9. The summed E-state index contributed by atoms with van der Waals surface area (Å²) in [7, 11) is 1.13. The Hall–Kier alpha value is -4.16. The van der Waals surface area contributed by atoms with Gasteiger partial charge < -0.3 is 20.5 Å². The van der Waals surface area contributed by atoms with Gasteiger partial charge in [0.05, 0.1) is 20.3 Å². The van der Waals surface area contributed by atoms with Crippen molar-refractivity contribution in [2.75, 3.05) is 25.2 Å². The number of benzene rings is 2. The smallest absolute Gasteiger partial charge is 0.471 e. The third-order valence-corrected chi connectivity index (χ3v) is 12.1. The van der Waals surface area contributed by atoms with Crippen molar-refractivity contribution in [3.8, 4) is 5.75 Å². The fourth-order valence-corrected chi connectivity index (χ4v) is 9.47. The summed E-state index contributed by atoms with van der Waals surface area (Å²) in [6, 6.07) is 13.6. The number of pyridine rings is 1. The van der Waals surface area contributed by atoms with E-state index in [0.29, 0.717) is 30.3 Å². The van der Waals surface area contributed by atoms with Crippen LogP contribution in [0.15, 0.2) is 54.7 Å². The minimum absolute atomic E-state index is 0.0545. The Morgan fingerprint density at radius 3 is 2.56 bits per heavy atom. The summed E-state index contributed by atoms with van der Waals surface area (Å²) in [4.78, 5) is 44.3. The van der Waals surface area contributed by atoms with Crippen LogP contribution in [0.1, 0.15) is 92.7 Å². The Morgan fingerprint density at radius 1 is 1.11 bits per heavy atom. The molecule has 1 saturated carbocycles. The molecule has 6 rings (SSSR count). The summed E-state index contributed by atoms with van der Waals surface area (Å²) in [5.74, 6) is -1.99. The van der Waals surface area contributed by atoms with Gasteiger partial charge in [-0.1, -0.05) is 49.7 Å². The molecule has 1 spiro atoms. The van der Waals surface area contributed by atoms with Gasteiger partial charge in [0.25, 0.3) is 0 Å². The summed E-state index contributed by atoms with van der Waals surface area (Å²) in [6.07, 6.45) is 1.59. The van der Waals surface area contributed by atoms with Gasteiger partial charge >= 0.3 is 18.1 Å². The number of methoxy groups -OCH3 is 1. The topological polar surface area (TPSA) is 124 Å². The molecule has 13 heteroatoms. The first-order valence-electron chi connectivity index (χ1n) is 18.7. The molecule has 9 nitrogen and oxygen atoms in total. The Kier molecular flexibility index (Phi) is 11.6. The number of hydrogen-bond acceptors (Lipinski definition) is 7. The van der Waals surface area contributed by atoms with Crippen molar-refractivity contribution >= 4 is 35.1 Å². The first-order chi connectivity index (χ1) is 25.7. The average Bonchev–Trinajstić information content (AvgIpc) is 3.44. The molecule has 3 aliphatic rings. The normalized spacial score (nSPS) is 23.9. The molecular formula is C41H48ClF3N4O5. The molecule has 2 amide bonds.